The van der Waals surface area contributed by atoms with Gasteiger partial charge in [-0.15, -0.1) is 0 Å². The molecule has 1 saturated heterocycles. The molecule has 6 nitrogen and oxygen atoms in total. The summed E-state index contributed by atoms with van der Waals surface area (Å²) in [5.41, 5.74) is 1.05. The SMILES string of the molecule is CC(=O)NC1(C(=O)NN)CCOC1. The summed E-state index contributed by atoms with van der Waals surface area (Å²) in [5.74, 6) is 4.32. The molecular weight excluding hydrogens is 174 g/mol. The molecule has 2 amide bonds. The van der Waals surface area contributed by atoms with Gasteiger partial charge in [0.2, 0.25) is 5.91 Å². The lowest BCUT2D eigenvalue weighted by Gasteiger charge is -2.25. The molecule has 0 radical (unpaired) electrons. The normalized spacial score (nSPS) is 26.9. The lowest BCUT2D eigenvalue weighted by molar-refractivity contribution is -0.133. The molecule has 0 saturated carbocycles. The molecular formula is C7H13N3O3. The van der Waals surface area contributed by atoms with E-state index in [9.17, 15) is 9.59 Å². The number of ether oxygens (including phenoxy) is 1. The molecule has 0 aromatic heterocycles. The highest BCUT2D eigenvalue weighted by Gasteiger charge is 2.42. The Labute approximate surface area is 75.8 Å². The summed E-state index contributed by atoms with van der Waals surface area (Å²) in [6.45, 7) is 1.98. The van der Waals surface area contributed by atoms with Crippen LogP contribution in [0, 0.1) is 0 Å². The summed E-state index contributed by atoms with van der Waals surface area (Å²) in [6, 6.07) is 0. The molecule has 13 heavy (non-hydrogen) atoms. The molecule has 6 heteroatoms. The van der Waals surface area contributed by atoms with Gasteiger partial charge in [-0.2, -0.15) is 0 Å². The second kappa shape index (κ2) is 3.71. The van der Waals surface area contributed by atoms with E-state index in [-0.39, 0.29) is 12.5 Å². The van der Waals surface area contributed by atoms with E-state index in [0.29, 0.717) is 13.0 Å². The molecule has 0 aliphatic carbocycles. The smallest absolute Gasteiger partial charge is 0.262 e. The molecule has 0 aromatic rings. The van der Waals surface area contributed by atoms with Gasteiger partial charge in [0, 0.05) is 20.0 Å². The van der Waals surface area contributed by atoms with Crippen LogP contribution in [0.1, 0.15) is 13.3 Å². The van der Waals surface area contributed by atoms with E-state index in [1.54, 1.807) is 0 Å². The lowest BCUT2D eigenvalue weighted by atomic mass is 9.98. The molecule has 1 aliphatic rings. The summed E-state index contributed by atoms with van der Waals surface area (Å²) < 4.78 is 5.05. The number of amides is 2. The van der Waals surface area contributed by atoms with Crippen LogP contribution in [0.5, 0.6) is 0 Å². The maximum Gasteiger partial charge on any atom is 0.262 e. The van der Waals surface area contributed by atoms with Crippen LogP contribution in [0.4, 0.5) is 0 Å². The van der Waals surface area contributed by atoms with Gasteiger partial charge in [-0.25, -0.2) is 5.84 Å². The average Bonchev–Trinajstić information content (AvgIpc) is 2.51. The van der Waals surface area contributed by atoms with Crippen molar-refractivity contribution in [2.24, 2.45) is 5.84 Å². The Hall–Kier alpha value is -1.14. The first kappa shape index (κ1) is 9.94. The van der Waals surface area contributed by atoms with E-state index in [2.05, 4.69) is 5.32 Å². The maximum absolute atomic E-state index is 11.3. The van der Waals surface area contributed by atoms with Crippen molar-refractivity contribution in [2.45, 2.75) is 18.9 Å². The molecule has 0 spiro atoms. The predicted octanol–water partition coefficient (Wildman–Crippen LogP) is -1.73. The summed E-state index contributed by atoms with van der Waals surface area (Å²) in [6.07, 6.45) is 0.454. The largest absolute Gasteiger partial charge is 0.378 e. The van der Waals surface area contributed by atoms with E-state index in [1.807, 2.05) is 5.43 Å². The predicted molar refractivity (Wildman–Crippen MR) is 44.3 cm³/mol. The van der Waals surface area contributed by atoms with E-state index in [1.165, 1.54) is 6.92 Å². The quantitative estimate of drug-likeness (QED) is 0.272. The second-order valence-corrected chi connectivity index (χ2v) is 3.04. The Morgan fingerprint density at radius 3 is 2.62 bits per heavy atom. The van der Waals surface area contributed by atoms with Crippen molar-refractivity contribution >= 4 is 11.8 Å². The fraction of sp³-hybridized carbons (Fsp3) is 0.714. The van der Waals surface area contributed by atoms with Gasteiger partial charge in [0.1, 0.15) is 5.54 Å². The van der Waals surface area contributed by atoms with Crippen LogP contribution in [0.25, 0.3) is 0 Å². The van der Waals surface area contributed by atoms with Crippen molar-refractivity contribution in [2.75, 3.05) is 13.2 Å². The number of hydrogen-bond acceptors (Lipinski definition) is 4. The monoisotopic (exact) mass is 187 g/mol. The molecule has 1 heterocycles. The van der Waals surface area contributed by atoms with Crippen molar-refractivity contribution in [1.29, 1.82) is 0 Å². The minimum atomic E-state index is -0.972. The van der Waals surface area contributed by atoms with Crippen LogP contribution < -0.4 is 16.6 Å². The van der Waals surface area contributed by atoms with Crippen molar-refractivity contribution in [1.82, 2.24) is 10.7 Å². The molecule has 1 fully saturated rings. The third kappa shape index (κ3) is 1.96. The van der Waals surface area contributed by atoms with Gasteiger partial charge < -0.3 is 10.1 Å². The minimum Gasteiger partial charge on any atom is -0.378 e. The summed E-state index contributed by atoms with van der Waals surface area (Å²) in [5, 5.41) is 2.55. The Morgan fingerprint density at radius 1 is 1.54 bits per heavy atom. The molecule has 1 atom stereocenters. The van der Waals surface area contributed by atoms with Gasteiger partial charge in [-0.05, 0) is 0 Å². The van der Waals surface area contributed by atoms with Crippen molar-refractivity contribution in [3.8, 4) is 0 Å². The van der Waals surface area contributed by atoms with E-state index in [0.717, 1.165) is 0 Å². The first-order valence-corrected chi connectivity index (χ1v) is 3.98. The van der Waals surface area contributed by atoms with Crippen LogP contribution in [0.3, 0.4) is 0 Å². The van der Waals surface area contributed by atoms with Crippen LogP contribution in [0.15, 0.2) is 0 Å². The topological polar surface area (TPSA) is 93.5 Å². The summed E-state index contributed by atoms with van der Waals surface area (Å²) >= 11 is 0. The third-order valence-electron chi connectivity index (χ3n) is 2.00. The molecule has 1 rings (SSSR count). The Morgan fingerprint density at radius 2 is 2.23 bits per heavy atom. The maximum atomic E-state index is 11.3. The fourth-order valence-corrected chi connectivity index (χ4v) is 1.37. The molecule has 1 unspecified atom stereocenters. The number of carbonyl (C=O) groups is 2. The van der Waals surface area contributed by atoms with Crippen molar-refractivity contribution in [3.63, 3.8) is 0 Å². The first-order valence-electron chi connectivity index (χ1n) is 3.98. The average molecular weight is 187 g/mol. The Kier molecular flexibility index (Phi) is 2.84. The van der Waals surface area contributed by atoms with Gasteiger partial charge in [0.25, 0.3) is 5.91 Å². The zero-order chi connectivity index (χ0) is 9.90. The van der Waals surface area contributed by atoms with Gasteiger partial charge >= 0.3 is 0 Å². The minimum absolute atomic E-state index is 0.176. The van der Waals surface area contributed by atoms with Crippen LogP contribution in [-0.2, 0) is 14.3 Å². The van der Waals surface area contributed by atoms with Gasteiger partial charge in [-0.1, -0.05) is 0 Å². The van der Waals surface area contributed by atoms with E-state index < -0.39 is 11.4 Å². The first-order chi connectivity index (χ1) is 6.10. The fourth-order valence-electron chi connectivity index (χ4n) is 1.37. The van der Waals surface area contributed by atoms with Gasteiger partial charge in [-0.3, -0.25) is 15.0 Å². The molecule has 0 bridgehead atoms. The third-order valence-corrected chi connectivity index (χ3v) is 2.00. The van der Waals surface area contributed by atoms with Gasteiger partial charge in [0.05, 0.1) is 6.61 Å². The number of hydrazine groups is 1. The highest BCUT2D eigenvalue weighted by molar-refractivity contribution is 5.90. The lowest BCUT2D eigenvalue weighted by Crippen LogP contribution is -2.60. The number of nitrogens with one attached hydrogen (secondary N) is 2. The number of hydrogen-bond donors (Lipinski definition) is 3. The molecule has 1 aliphatic heterocycles. The Balaban J connectivity index is 2.74. The summed E-state index contributed by atoms with van der Waals surface area (Å²) in [7, 11) is 0. The zero-order valence-electron chi connectivity index (χ0n) is 7.42. The number of rotatable bonds is 2. The number of carbonyl (C=O) groups excluding carboxylic acids is 2. The van der Waals surface area contributed by atoms with Crippen LogP contribution >= 0.6 is 0 Å². The molecule has 74 valence electrons. The molecule has 0 aromatic carbocycles. The van der Waals surface area contributed by atoms with Crippen LogP contribution in [-0.4, -0.2) is 30.6 Å². The van der Waals surface area contributed by atoms with Gasteiger partial charge in [0.15, 0.2) is 0 Å². The van der Waals surface area contributed by atoms with Crippen LogP contribution in [0.2, 0.25) is 0 Å². The molecule has 4 N–H and O–H groups in total. The highest BCUT2D eigenvalue weighted by Crippen LogP contribution is 2.18. The zero-order valence-corrected chi connectivity index (χ0v) is 7.42. The van der Waals surface area contributed by atoms with Crippen molar-refractivity contribution < 1.29 is 14.3 Å². The summed E-state index contributed by atoms with van der Waals surface area (Å²) in [4.78, 5) is 22.2. The number of nitrogens with two attached hydrogens (primary N) is 1. The van der Waals surface area contributed by atoms with E-state index in [4.69, 9.17) is 10.6 Å². The standard InChI is InChI=1S/C7H13N3O3/c1-5(11)9-7(6(12)10-8)2-3-13-4-7/h2-4,8H2,1H3,(H,9,11)(H,10,12). The van der Waals surface area contributed by atoms with Crippen molar-refractivity contribution in [3.05, 3.63) is 0 Å². The van der Waals surface area contributed by atoms with E-state index >= 15 is 0 Å². The highest BCUT2D eigenvalue weighted by atomic mass is 16.5. The second-order valence-electron chi connectivity index (χ2n) is 3.04. The Bertz CT molecular complexity index is 223.